The van der Waals surface area contributed by atoms with Crippen LogP contribution in [-0.2, 0) is 19.1 Å². The molecule has 0 aliphatic carbocycles. The van der Waals surface area contributed by atoms with E-state index in [-0.39, 0.29) is 11.1 Å². The molecule has 0 saturated carbocycles. The second-order valence-corrected chi connectivity index (χ2v) is 13.2. The zero-order chi connectivity index (χ0) is 40.2. The number of cyclic esters (lactones) is 2. The molecule has 0 unspecified atom stereocenters. The van der Waals surface area contributed by atoms with Crippen molar-refractivity contribution in [2.24, 2.45) is 0 Å². The molecular weight excluding hydrogens is 733 g/mol. The highest BCUT2D eigenvalue weighted by molar-refractivity contribution is 6.12. The van der Waals surface area contributed by atoms with E-state index < -0.39 is 11.9 Å². The fourth-order valence-corrected chi connectivity index (χ4v) is 6.78. The molecule has 0 radical (unpaired) electrons. The van der Waals surface area contributed by atoms with Crippen molar-refractivity contribution >= 4 is 57.6 Å². The SMILES string of the molecule is COc1ccc(N(c2ccc(OC)cc2)c2ccc(C3=C/C(=C4/C=C(c5ccc(N(c6ccc(OC)cc6)c6ccc(OC)cc6)cc5)OC4=O)C(=O)O3)cc2)cc1. The molecule has 0 N–H and O–H groups in total. The number of anilines is 6. The summed E-state index contributed by atoms with van der Waals surface area (Å²) in [5, 5.41) is 0. The second kappa shape index (κ2) is 16.2. The molecule has 0 fully saturated rings. The highest BCUT2D eigenvalue weighted by Gasteiger charge is 2.32. The number of rotatable bonds is 12. The number of hydrogen-bond donors (Lipinski definition) is 0. The molecule has 0 atom stereocenters. The Bertz CT molecular complexity index is 2270. The van der Waals surface area contributed by atoms with E-state index in [0.717, 1.165) is 57.1 Å². The van der Waals surface area contributed by atoms with E-state index in [2.05, 4.69) is 9.80 Å². The average molecular weight is 771 g/mol. The van der Waals surface area contributed by atoms with Crippen molar-refractivity contribution in [1.29, 1.82) is 0 Å². The minimum absolute atomic E-state index is 0.124. The predicted molar refractivity (Wildman–Crippen MR) is 224 cm³/mol. The lowest BCUT2D eigenvalue weighted by atomic mass is 10.1. The molecule has 58 heavy (non-hydrogen) atoms. The third-order valence-electron chi connectivity index (χ3n) is 9.83. The summed E-state index contributed by atoms with van der Waals surface area (Å²) in [6.07, 6.45) is 3.17. The molecule has 2 aliphatic rings. The van der Waals surface area contributed by atoms with Gasteiger partial charge >= 0.3 is 11.9 Å². The second-order valence-electron chi connectivity index (χ2n) is 13.2. The molecule has 0 amide bonds. The van der Waals surface area contributed by atoms with Gasteiger partial charge in [-0.15, -0.1) is 0 Å². The lowest BCUT2D eigenvalue weighted by Crippen LogP contribution is -2.10. The Hall–Kier alpha value is -7.72. The number of benzene rings is 6. The number of hydrogen-bond acceptors (Lipinski definition) is 10. The Morgan fingerprint density at radius 1 is 0.345 bits per heavy atom. The van der Waals surface area contributed by atoms with E-state index in [1.807, 2.05) is 146 Å². The molecule has 0 aromatic heterocycles. The molecule has 10 nitrogen and oxygen atoms in total. The summed E-state index contributed by atoms with van der Waals surface area (Å²) in [5.41, 5.74) is 7.00. The molecule has 6 aromatic carbocycles. The van der Waals surface area contributed by atoms with Crippen molar-refractivity contribution in [3.8, 4) is 23.0 Å². The number of carbonyl (C=O) groups excluding carboxylic acids is 2. The van der Waals surface area contributed by atoms with Crippen molar-refractivity contribution in [3.05, 3.63) is 180 Å². The van der Waals surface area contributed by atoms with E-state index in [0.29, 0.717) is 22.6 Å². The Kier molecular flexibility index (Phi) is 10.4. The molecular formula is C48H38N2O8. The van der Waals surface area contributed by atoms with Crippen LogP contribution in [0, 0.1) is 0 Å². The van der Waals surface area contributed by atoms with Gasteiger partial charge in [0.25, 0.3) is 0 Å². The third-order valence-corrected chi connectivity index (χ3v) is 9.83. The van der Waals surface area contributed by atoms with Gasteiger partial charge in [-0.2, -0.15) is 0 Å². The number of methoxy groups -OCH3 is 4. The zero-order valence-corrected chi connectivity index (χ0v) is 32.2. The highest BCUT2D eigenvalue weighted by atomic mass is 16.6. The number of carbonyl (C=O) groups is 2. The maximum absolute atomic E-state index is 13.2. The van der Waals surface area contributed by atoms with Crippen LogP contribution in [0.3, 0.4) is 0 Å². The lowest BCUT2D eigenvalue weighted by Gasteiger charge is -2.26. The van der Waals surface area contributed by atoms with Crippen LogP contribution in [-0.4, -0.2) is 40.4 Å². The zero-order valence-electron chi connectivity index (χ0n) is 32.2. The van der Waals surface area contributed by atoms with Crippen LogP contribution in [0.2, 0.25) is 0 Å². The van der Waals surface area contributed by atoms with Gasteiger partial charge in [-0.05, 0) is 158 Å². The van der Waals surface area contributed by atoms with Crippen LogP contribution in [0.5, 0.6) is 23.0 Å². The third kappa shape index (κ3) is 7.46. The number of esters is 2. The van der Waals surface area contributed by atoms with Gasteiger partial charge in [0.05, 0.1) is 39.6 Å². The fourth-order valence-electron chi connectivity index (χ4n) is 6.78. The Labute approximate surface area is 336 Å². The fraction of sp³-hybridized carbons (Fsp3) is 0.0833. The molecule has 0 saturated heterocycles. The van der Waals surface area contributed by atoms with Crippen LogP contribution in [0.15, 0.2) is 169 Å². The van der Waals surface area contributed by atoms with Crippen LogP contribution in [0.4, 0.5) is 34.1 Å². The minimum atomic E-state index is -0.633. The van der Waals surface area contributed by atoms with Crippen LogP contribution in [0.25, 0.3) is 11.5 Å². The van der Waals surface area contributed by atoms with Gasteiger partial charge in [0.1, 0.15) is 34.5 Å². The first-order valence-corrected chi connectivity index (χ1v) is 18.3. The van der Waals surface area contributed by atoms with Crippen molar-refractivity contribution in [2.75, 3.05) is 38.2 Å². The van der Waals surface area contributed by atoms with Crippen molar-refractivity contribution in [1.82, 2.24) is 0 Å². The number of ether oxygens (including phenoxy) is 6. The summed E-state index contributed by atoms with van der Waals surface area (Å²) in [7, 11) is 6.53. The molecule has 10 heteroatoms. The smallest absolute Gasteiger partial charge is 0.344 e. The molecule has 0 spiro atoms. The topological polar surface area (TPSA) is 96.0 Å². The monoisotopic (exact) mass is 770 g/mol. The summed E-state index contributed by atoms with van der Waals surface area (Å²) in [6.45, 7) is 0. The van der Waals surface area contributed by atoms with Crippen LogP contribution in [0.1, 0.15) is 11.1 Å². The number of nitrogens with zero attached hydrogens (tertiary/aromatic N) is 2. The molecule has 2 heterocycles. The standard InChI is InChI=1S/C48H38N2O8/c1-53-39-21-13-35(14-22-39)49(36-15-23-40(54-2)24-16-36)33-9-5-31(6-10-33)45-29-43(47(51)57-45)44-30-46(58-48(44)52)32-7-11-34(12-8-32)50(37-17-25-41(55-3)26-18-37)38-19-27-42(56-4)28-20-38/h5-30H,1-4H3/b44-43+. The average Bonchev–Trinajstić information content (AvgIpc) is 3.86. The normalized spacial score (nSPS) is 14.6. The van der Waals surface area contributed by atoms with Gasteiger partial charge in [0.15, 0.2) is 0 Å². The molecule has 0 bridgehead atoms. The van der Waals surface area contributed by atoms with Crippen molar-refractivity contribution in [3.63, 3.8) is 0 Å². The lowest BCUT2D eigenvalue weighted by molar-refractivity contribution is -0.133. The van der Waals surface area contributed by atoms with Gasteiger partial charge in [0, 0.05) is 45.3 Å². The summed E-state index contributed by atoms with van der Waals surface area (Å²) < 4.78 is 32.9. The summed E-state index contributed by atoms with van der Waals surface area (Å²) in [6, 6.07) is 46.3. The van der Waals surface area contributed by atoms with E-state index in [9.17, 15) is 9.59 Å². The van der Waals surface area contributed by atoms with Gasteiger partial charge in [0.2, 0.25) is 0 Å². The van der Waals surface area contributed by atoms with Crippen LogP contribution >= 0.6 is 0 Å². The van der Waals surface area contributed by atoms with Gasteiger partial charge in [-0.3, -0.25) is 0 Å². The first-order chi connectivity index (χ1) is 28.3. The van der Waals surface area contributed by atoms with Gasteiger partial charge in [-0.1, -0.05) is 0 Å². The molecule has 288 valence electrons. The maximum Gasteiger partial charge on any atom is 0.344 e. The summed E-state index contributed by atoms with van der Waals surface area (Å²) >= 11 is 0. The Morgan fingerprint density at radius 2 is 0.569 bits per heavy atom. The predicted octanol–water partition coefficient (Wildman–Crippen LogP) is 10.5. The van der Waals surface area contributed by atoms with Crippen molar-refractivity contribution < 1.29 is 38.0 Å². The minimum Gasteiger partial charge on any atom is -0.497 e. The van der Waals surface area contributed by atoms with Crippen molar-refractivity contribution in [2.45, 2.75) is 0 Å². The van der Waals surface area contributed by atoms with E-state index in [4.69, 9.17) is 28.4 Å². The van der Waals surface area contributed by atoms with E-state index in [1.165, 1.54) is 0 Å². The molecule has 2 aliphatic heterocycles. The highest BCUT2D eigenvalue weighted by Crippen LogP contribution is 2.40. The van der Waals surface area contributed by atoms with Gasteiger partial charge in [-0.25, -0.2) is 9.59 Å². The van der Waals surface area contributed by atoms with Gasteiger partial charge < -0.3 is 38.2 Å². The summed E-state index contributed by atoms with van der Waals surface area (Å²) in [4.78, 5) is 30.7. The molecule has 8 rings (SSSR count). The first-order valence-electron chi connectivity index (χ1n) is 18.3. The Balaban J connectivity index is 1.06. The maximum atomic E-state index is 13.2. The largest absolute Gasteiger partial charge is 0.497 e. The van der Waals surface area contributed by atoms with Crippen LogP contribution < -0.4 is 28.7 Å². The molecule has 6 aromatic rings. The Morgan fingerprint density at radius 3 is 0.793 bits per heavy atom. The quantitative estimate of drug-likeness (QED) is 0.0884. The van der Waals surface area contributed by atoms with E-state index >= 15 is 0 Å². The van der Waals surface area contributed by atoms with E-state index in [1.54, 1.807) is 40.6 Å². The first kappa shape index (κ1) is 37.2. The summed E-state index contributed by atoms with van der Waals surface area (Å²) in [5.74, 6) is 2.38.